The van der Waals surface area contributed by atoms with Crippen LogP contribution in [0.1, 0.15) is 11.1 Å². The van der Waals surface area contributed by atoms with Crippen LogP contribution in [0.15, 0.2) is 18.2 Å². The second-order valence-electron chi connectivity index (χ2n) is 2.32. The van der Waals surface area contributed by atoms with Crippen LogP contribution in [0.25, 0.3) is 0 Å². The van der Waals surface area contributed by atoms with E-state index >= 15 is 0 Å². The number of benzene rings is 1. The van der Waals surface area contributed by atoms with Gasteiger partial charge in [0.2, 0.25) is 0 Å². The van der Waals surface area contributed by atoms with E-state index in [9.17, 15) is 0 Å². The molecule has 1 aromatic rings. The molecule has 0 bridgehead atoms. The first-order valence-electron chi connectivity index (χ1n) is 3.40. The van der Waals surface area contributed by atoms with Gasteiger partial charge in [-0.1, -0.05) is 17.5 Å². The molecule has 0 radical (unpaired) electrons. The highest BCUT2D eigenvalue weighted by Gasteiger charge is 1.94. The molecule has 1 nitrogen and oxygen atoms in total. The molecule has 58 valence electrons. The van der Waals surface area contributed by atoms with Crippen molar-refractivity contribution in [2.24, 2.45) is 0 Å². The van der Waals surface area contributed by atoms with E-state index in [1.165, 1.54) is 0 Å². The molecule has 0 unspecified atom stereocenters. The van der Waals surface area contributed by atoms with Crippen LogP contribution < -0.4 is 0 Å². The minimum Gasteiger partial charge on any atom is -0.183 e. The maximum Gasteiger partial charge on any atom is 0.152 e. The minimum atomic E-state index is 0.690. The molecular weight excluding hydrogens is 170 g/mol. The lowest BCUT2D eigenvalue weighted by Gasteiger charge is -1.96. The Hall–Kier alpha value is -1.44. The molecule has 0 aromatic heterocycles. The molecule has 0 aliphatic carbocycles. The van der Waals surface area contributed by atoms with Crippen LogP contribution in [0.2, 0.25) is 5.02 Å². The number of rotatable bonds is 0. The predicted molar refractivity (Wildman–Crippen MR) is 48.7 cm³/mol. The third-order valence-electron chi connectivity index (χ3n) is 1.44. The molecule has 1 rings (SSSR count). The molecule has 12 heavy (non-hydrogen) atoms. The first-order chi connectivity index (χ1) is 5.74. The van der Waals surface area contributed by atoms with Crippen LogP contribution >= 0.6 is 11.6 Å². The van der Waals surface area contributed by atoms with E-state index in [4.69, 9.17) is 16.9 Å². The Morgan fingerprint density at radius 2 is 2.17 bits per heavy atom. The van der Waals surface area contributed by atoms with Crippen molar-refractivity contribution in [2.75, 3.05) is 0 Å². The molecular formula is C10H6ClN. The van der Waals surface area contributed by atoms with E-state index in [1.54, 1.807) is 12.1 Å². The Kier molecular flexibility index (Phi) is 2.75. The maximum atomic E-state index is 8.22. The predicted octanol–water partition coefficient (Wildman–Crippen LogP) is 2.52. The van der Waals surface area contributed by atoms with Crippen molar-refractivity contribution in [3.63, 3.8) is 0 Å². The Labute approximate surface area is 76.6 Å². The number of halogens is 1. The van der Waals surface area contributed by atoms with Gasteiger partial charge in [-0.2, -0.15) is 5.26 Å². The fourth-order valence-corrected chi connectivity index (χ4v) is 1.09. The van der Waals surface area contributed by atoms with Gasteiger partial charge < -0.3 is 0 Å². The Morgan fingerprint density at radius 1 is 1.42 bits per heavy atom. The molecule has 0 saturated carbocycles. The molecule has 0 heterocycles. The van der Waals surface area contributed by atoms with Crippen molar-refractivity contribution in [3.8, 4) is 17.9 Å². The van der Waals surface area contributed by atoms with Gasteiger partial charge in [0.1, 0.15) is 0 Å². The summed E-state index contributed by atoms with van der Waals surface area (Å²) < 4.78 is 0. The second-order valence-corrected chi connectivity index (χ2v) is 2.76. The van der Waals surface area contributed by atoms with E-state index in [0.29, 0.717) is 5.02 Å². The van der Waals surface area contributed by atoms with Gasteiger partial charge in [0.05, 0.1) is 0 Å². The summed E-state index contributed by atoms with van der Waals surface area (Å²) in [6.07, 6.45) is 0. The van der Waals surface area contributed by atoms with Crippen LogP contribution in [-0.4, -0.2) is 0 Å². The molecule has 0 fully saturated rings. The van der Waals surface area contributed by atoms with Crippen LogP contribution in [-0.2, 0) is 0 Å². The standard InChI is InChI=1S/C10H6ClN/c1-8-7-10(11)5-4-9(8)3-2-6-12/h4-5,7H,1H3. The molecule has 0 atom stereocenters. The lowest BCUT2D eigenvalue weighted by molar-refractivity contribution is 1.44. The monoisotopic (exact) mass is 175 g/mol. The van der Waals surface area contributed by atoms with Crippen LogP contribution in [0.4, 0.5) is 0 Å². The molecule has 0 aliphatic heterocycles. The van der Waals surface area contributed by atoms with Gasteiger partial charge in [-0.15, -0.1) is 0 Å². The largest absolute Gasteiger partial charge is 0.183 e. The highest BCUT2D eigenvalue weighted by atomic mass is 35.5. The number of hydrogen-bond donors (Lipinski definition) is 0. The molecule has 0 N–H and O–H groups in total. The van der Waals surface area contributed by atoms with Gasteiger partial charge in [-0.3, -0.25) is 0 Å². The average Bonchev–Trinajstić information content (AvgIpc) is 2.03. The fraction of sp³-hybridized carbons (Fsp3) is 0.100. The summed E-state index contributed by atoms with van der Waals surface area (Å²) in [5, 5.41) is 8.91. The average molecular weight is 176 g/mol. The van der Waals surface area contributed by atoms with Gasteiger partial charge in [0, 0.05) is 16.5 Å². The van der Waals surface area contributed by atoms with E-state index in [-0.39, 0.29) is 0 Å². The molecule has 2 heteroatoms. The Bertz CT molecular complexity index is 391. The first kappa shape index (κ1) is 8.65. The maximum absolute atomic E-state index is 8.22. The number of nitriles is 1. The topological polar surface area (TPSA) is 23.8 Å². The lowest BCUT2D eigenvalue weighted by Crippen LogP contribution is -1.80. The quantitative estimate of drug-likeness (QED) is 0.556. The summed E-state index contributed by atoms with van der Waals surface area (Å²) in [5.41, 5.74) is 1.84. The van der Waals surface area contributed by atoms with Gasteiger partial charge in [-0.25, -0.2) is 0 Å². The second kappa shape index (κ2) is 3.81. The van der Waals surface area contributed by atoms with E-state index in [2.05, 4.69) is 11.8 Å². The minimum absolute atomic E-state index is 0.690. The SMILES string of the molecule is Cc1cc(Cl)ccc1C#CC#N. The highest BCUT2D eigenvalue weighted by Crippen LogP contribution is 2.13. The number of nitrogens with zero attached hydrogens (tertiary/aromatic N) is 1. The van der Waals surface area contributed by atoms with E-state index in [0.717, 1.165) is 11.1 Å². The summed E-state index contributed by atoms with van der Waals surface area (Å²) >= 11 is 5.74. The molecule has 0 spiro atoms. The normalized spacial score (nSPS) is 8.08. The van der Waals surface area contributed by atoms with Crippen LogP contribution in [0, 0.1) is 30.1 Å². The van der Waals surface area contributed by atoms with E-state index < -0.39 is 0 Å². The van der Waals surface area contributed by atoms with Crippen molar-refractivity contribution < 1.29 is 0 Å². The zero-order valence-corrected chi connectivity index (χ0v) is 7.31. The Morgan fingerprint density at radius 3 is 2.75 bits per heavy atom. The third kappa shape index (κ3) is 2.02. The van der Waals surface area contributed by atoms with Crippen molar-refractivity contribution in [3.05, 3.63) is 34.3 Å². The molecule has 0 saturated heterocycles. The summed E-state index contributed by atoms with van der Waals surface area (Å²) in [6, 6.07) is 7.15. The third-order valence-corrected chi connectivity index (χ3v) is 1.68. The van der Waals surface area contributed by atoms with Crippen molar-refractivity contribution in [1.82, 2.24) is 0 Å². The van der Waals surface area contributed by atoms with Crippen LogP contribution in [0.3, 0.4) is 0 Å². The van der Waals surface area contributed by atoms with Gasteiger partial charge in [0.15, 0.2) is 6.07 Å². The number of hydrogen-bond acceptors (Lipinski definition) is 1. The molecule has 0 amide bonds. The molecule has 1 aromatic carbocycles. The lowest BCUT2D eigenvalue weighted by atomic mass is 10.1. The fourth-order valence-electron chi connectivity index (χ4n) is 0.863. The van der Waals surface area contributed by atoms with Gasteiger partial charge in [-0.05, 0) is 30.7 Å². The van der Waals surface area contributed by atoms with E-state index in [1.807, 2.05) is 19.1 Å². The zero-order valence-electron chi connectivity index (χ0n) is 6.56. The van der Waals surface area contributed by atoms with Crippen LogP contribution in [0.5, 0.6) is 0 Å². The smallest absolute Gasteiger partial charge is 0.152 e. The highest BCUT2D eigenvalue weighted by molar-refractivity contribution is 6.30. The van der Waals surface area contributed by atoms with Gasteiger partial charge >= 0.3 is 0 Å². The zero-order chi connectivity index (χ0) is 8.97. The summed E-state index contributed by atoms with van der Waals surface area (Å²) in [7, 11) is 0. The number of aryl methyl sites for hydroxylation is 1. The molecule has 0 aliphatic rings. The Balaban J connectivity index is 3.12. The summed E-state index contributed by atoms with van der Waals surface area (Å²) in [4.78, 5) is 0. The first-order valence-corrected chi connectivity index (χ1v) is 3.78. The van der Waals surface area contributed by atoms with Gasteiger partial charge in [0.25, 0.3) is 0 Å². The summed E-state index contributed by atoms with van der Waals surface area (Å²) in [5.74, 6) is 5.06. The van der Waals surface area contributed by atoms with Crippen molar-refractivity contribution in [1.29, 1.82) is 5.26 Å². The van der Waals surface area contributed by atoms with Crippen molar-refractivity contribution in [2.45, 2.75) is 6.92 Å². The summed E-state index contributed by atoms with van der Waals surface area (Å²) in [6.45, 7) is 1.91. The van der Waals surface area contributed by atoms with Crippen molar-refractivity contribution >= 4 is 11.6 Å².